The van der Waals surface area contributed by atoms with E-state index in [1.165, 1.54) is 24.3 Å². The highest BCUT2D eigenvalue weighted by Crippen LogP contribution is 2.40. The van der Waals surface area contributed by atoms with Crippen molar-refractivity contribution in [3.8, 4) is 0 Å². The lowest BCUT2D eigenvalue weighted by Crippen LogP contribution is -2.42. The number of hydrogen-bond donors (Lipinski definition) is 2. The maximum absolute atomic E-state index is 12.5. The average molecular weight is 420 g/mol. The molecule has 10 heteroatoms. The van der Waals surface area contributed by atoms with E-state index < -0.39 is 27.3 Å². The van der Waals surface area contributed by atoms with Gasteiger partial charge in [-0.05, 0) is 51.0 Å². The predicted octanol–water partition coefficient (Wildman–Crippen LogP) is 1.73. The third-order valence-corrected chi connectivity index (χ3v) is 6.67. The number of sulfonamides is 1. The van der Waals surface area contributed by atoms with E-state index in [1.54, 1.807) is 13.8 Å². The Morgan fingerprint density at radius 2 is 1.79 bits per heavy atom. The van der Waals surface area contributed by atoms with Gasteiger partial charge < -0.3 is 19.7 Å². The standard InChI is InChI=1S/C19H23N3O6S/c1-12-13(2)21-28-17(12)22-29(26,27)15-7-5-14(6-8-15)20-16(23)11-19(18(24)25)9-3-4-10-19/h5-8,22H,3-4,9-11H2,1-2H3,(H,20,23)(H,24,25)/p-1. The van der Waals surface area contributed by atoms with E-state index in [1.807, 2.05) is 0 Å². The van der Waals surface area contributed by atoms with E-state index in [2.05, 4.69) is 15.2 Å². The molecule has 2 N–H and O–H groups in total. The molecule has 0 unspecified atom stereocenters. The number of rotatable bonds is 7. The lowest BCUT2D eigenvalue weighted by atomic mass is 9.82. The summed E-state index contributed by atoms with van der Waals surface area (Å²) in [5.41, 5.74) is 0.417. The minimum Gasteiger partial charge on any atom is -0.550 e. The molecule has 1 saturated carbocycles. The summed E-state index contributed by atoms with van der Waals surface area (Å²) in [5, 5.41) is 17.8. The number of carbonyl (C=O) groups excluding carboxylic acids is 2. The van der Waals surface area contributed by atoms with E-state index in [4.69, 9.17) is 4.52 Å². The van der Waals surface area contributed by atoms with Crippen LogP contribution < -0.4 is 15.1 Å². The van der Waals surface area contributed by atoms with Crippen LogP contribution in [-0.4, -0.2) is 25.5 Å². The third-order valence-electron chi connectivity index (χ3n) is 5.33. The molecule has 0 atom stereocenters. The first-order chi connectivity index (χ1) is 13.6. The molecule has 156 valence electrons. The van der Waals surface area contributed by atoms with Gasteiger partial charge in [-0.25, -0.2) is 13.1 Å². The van der Waals surface area contributed by atoms with Crippen LogP contribution in [0.1, 0.15) is 43.4 Å². The molecule has 0 spiro atoms. The molecule has 29 heavy (non-hydrogen) atoms. The first kappa shape index (κ1) is 20.8. The molecule has 0 radical (unpaired) electrons. The molecule has 3 rings (SSSR count). The molecule has 1 aromatic carbocycles. The second kappa shape index (κ2) is 7.86. The molecule has 1 amide bonds. The van der Waals surface area contributed by atoms with Gasteiger partial charge in [-0.2, -0.15) is 0 Å². The number of carbonyl (C=O) groups is 2. The molecule has 1 heterocycles. The first-order valence-corrected chi connectivity index (χ1v) is 10.7. The maximum Gasteiger partial charge on any atom is 0.264 e. The summed E-state index contributed by atoms with van der Waals surface area (Å²) in [6, 6.07) is 5.54. The zero-order chi connectivity index (χ0) is 21.2. The fraction of sp³-hybridized carbons (Fsp3) is 0.421. The van der Waals surface area contributed by atoms with Gasteiger partial charge in [0.25, 0.3) is 10.0 Å². The highest BCUT2D eigenvalue weighted by Gasteiger charge is 2.37. The van der Waals surface area contributed by atoms with Crippen molar-refractivity contribution in [2.45, 2.75) is 50.8 Å². The molecule has 0 aliphatic heterocycles. The number of aliphatic carboxylic acids is 1. The van der Waals surface area contributed by atoms with Crippen LogP contribution in [0.2, 0.25) is 0 Å². The zero-order valence-electron chi connectivity index (χ0n) is 16.1. The van der Waals surface area contributed by atoms with Crippen LogP contribution in [0.25, 0.3) is 0 Å². The fourth-order valence-electron chi connectivity index (χ4n) is 3.43. The molecule has 0 bridgehead atoms. The number of anilines is 2. The second-order valence-electron chi connectivity index (χ2n) is 7.35. The van der Waals surface area contributed by atoms with Crippen LogP contribution in [0, 0.1) is 19.3 Å². The molecule has 1 fully saturated rings. The summed E-state index contributed by atoms with van der Waals surface area (Å²) in [7, 11) is -3.89. The quantitative estimate of drug-likeness (QED) is 0.695. The van der Waals surface area contributed by atoms with Gasteiger partial charge in [0.2, 0.25) is 11.8 Å². The zero-order valence-corrected chi connectivity index (χ0v) is 17.0. The highest BCUT2D eigenvalue weighted by molar-refractivity contribution is 7.92. The SMILES string of the molecule is Cc1noc(NS(=O)(=O)c2ccc(NC(=O)CC3(C(=O)[O-])CCCC3)cc2)c1C. The third kappa shape index (κ3) is 4.42. The smallest absolute Gasteiger partial charge is 0.264 e. The van der Waals surface area contributed by atoms with E-state index in [9.17, 15) is 23.1 Å². The lowest BCUT2D eigenvalue weighted by Gasteiger charge is -2.29. The summed E-state index contributed by atoms with van der Waals surface area (Å²) in [5.74, 6) is -1.60. The van der Waals surface area contributed by atoms with E-state index in [0.29, 0.717) is 29.8 Å². The van der Waals surface area contributed by atoms with Crippen LogP contribution in [0.5, 0.6) is 0 Å². The molecule has 1 aliphatic carbocycles. The van der Waals surface area contributed by atoms with E-state index in [-0.39, 0.29) is 17.2 Å². The van der Waals surface area contributed by atoms with Crippen LogP contribution in [0.4, 0.5) is 11.6 Å². The van der Waals surface area contributed by atoms with Gasteiger partial charge in [0, 0.05) is 29.1 Å². The van der Waals surface area contributed by atoms with Gasteiger partial charge in [-0.3, -0.25) is 4.79 Å². The number of nitrogens with zero attached hydrogens (tertiary/aromatic N) is 1. The van der Waals surface area contributed by atoms with E-state index in [0.717, 1.165) is 12.8 Å². The van der Waals surface area contributed by atoms with Crippen molar-refractivity contribution in [3.63, 3.8) is 0 Å². The molecule has 2 aromatic rings. The number of nitrogens with one attached hydrogen (secondary N) is 2. The van der Waals surface area contributed by atoms with Gasteiger partial charge >= 0.3 is 0 Å². The van der Waals surface area contributed by atoms with Crippen LogP contribution in [-0.2, 0) is 19.6 Å². The number of amides is 1. The first-order valence-electron chi connectivity index (χ1n) is 9.20. The Bertz CT molecular complexity index is 1020. The number of hydrogen-bond acceptors (Lipinski definition) is 7. The average Bonchev–Trinajstić information content (AvgIpc) is 3.25. The van der Waals surface area contributed by atoms with Gasteiger partial charge in [0.15, 0.2) is 0 Å². The van der Waals surface area contributed by atoms with Crippen molar-refractivity contribution in [2.24, 2.45) is 5.41 Å². The Hall–Kier alpha value is -2.88. The van der Waals surface area contributed by atoms with Crippen molar-refractivity contribution < 1.29 is 27.6 Å². The Kier molecular flexibility index (Phi) is 5.65. The summed E-state index contributed by atoms with van der Waals surface area (Å²) >= 11 is 0. The minimum atomic E-state index is -3.89. The number of benzene rings is 1. The van der Waals surface area contributed by atoms with Gasteiger partial charge in [-0.15, -0.1) is 0 Å². The van der Waals surface area contributed by atoms with Crippen molar-refractivity contribution >= 4 is 33.5 Å². The van der Waals surface area contributed by atoms with Crippen LogP contribution in [0.3, 0.4) is 0 Å². The van der Waals surface area contributed by atoms with Gasteiger partial charge in [-0.1, -0.05) is 18.0 Å². The predicted molar refractivity (Wildman–Crippen MR) is 102 cm³/mol. The molecule has 1 aliphatic rings. The number of aromatic nitrogens is 1. The second-order valence-corrected chi connectivity index (χ2v) is 9.03. The summed E-state index contributed by atoms with van der Waals surface area (Å²) in [4.78, 5) is 23.7. The largest absolute Gasteiger partial charge is 0.550 e. The Morgan fingerprint density at radius 3 is 2.31 bits per heavy atom. The Morgan fingerprint density at radius 1 is 1.17 bits per heavy atom. The fourth-order valence-corrected chi connectivity index (χ4v) is 4.47. The van der Waals surface area contributed by atoms with Crippen molar-refractivity contribution in [1.29, 1.82) is 0 Å². The Labute approximate surface area is 168 Å². The van der Waals surface area contributed by atoms with Gasteiger partial charge in [0.05, 0.1) is 10.6 Å². The van der Waals surface area contributed by atoms with Crippen LogP contribution in [0.15, 0.2) is 33.7 Å². The van der Waals surface area contributed by atoms with Crippen molar-refractivity contribution in [1.82, 2.24) is 5.16 Å². The highest BCUT2D eigenvalue weighted by atomic mass is 32.2. The number of carboxylic acids is 1. The normalized spacial score (nSPS) is 15.8. The number of aryl methyl sites for hydroxylation is 1. The number of carboxylic acid groups (broad SMARTS) is 1. The van der Waals surface area contributed by atoms with Crippen molar-refractivity contribution in [3.05, 3.63) is 35.5 Å². The topological polar surface area (TPSA) is 141 Å². The van der Waals surface area contributed by atoms with Crippen molar-refractivity contribution in [2.75, 3.05) is 10.0 Å². The lowest BCUT2D eigenvalue weighted by molar-refractivity contribution is -0.319. The minimum absolute atomic E-state index is 0.0223. The van der Waals surface area contributed by atoms with E-state index >= 15 is 0 Å². The van der Waals surface area contributed by atoms with Crippen LogP contribution >= 0.6 is 0 Å². The summed E-state index contributed by atoms with van der Waals surface area (Å²) < 4.78 is 32.3. The molecule has 9 nitrogen and oxygen atoms in total. The summed E-state index contributed by atoms with van der Waals surface area (Å²) in [6.07, 6.45) is 2.19. The summed E-state index contributed by atoms with van der Waals surface area (Å²) in [6.45, 7) is 3.39. The Balaban J connectivity index is 1.67. The maximum atomic E-state index is 12.5. The molecule has 0 saturated heterocycles. The molecular formula is C19H22N3O6S-. The molecular weight excluding hydrogens is 398 g/mol. The monoisotopic (exact) mass is 420 g/mol. The van der Waals surface area contributed by atoms with Gasteiger partial charge in [0.1, 0.15) is 0 Å². The molecule has 1 aromatic heterocycles.